The Labute approximate surface area is 188 Å². The Bertz CT molecular complexity index is 1210. The second-order valence-corrected chi connectivity index (χ2v) is 7.59. The van der Waals surface area contributed by atoms with Crippen LogP contribution in [0.4, 0.5) is 4.39 Å². The van der Waals surface area contributed by atoms with Crippen molar-refractivity contribution in [3.05, 3.63) is 100 Å². The minimum Gasteiger partial charge on any atom is -0.507 e. The highest BCUT2D eigenvalue weighted by Crippen LogP contribution is 2.41. The third-order valence-electron chi connectivity index (χ3n) is 5.23. The van der Waals surface area contributed by atoms with E-state index in [9.17, 15) is 19.1 Å². The molecule has 0 spiro atoms. The zero-order valence-corrected chi connectivity index (χ0v) is 17.7. The molecular weight excluding hydrogens is 435 g/mol. The molecule has 162 valence electrons. The molecule has 0 saturated carbocycles. The van der Waals surface area contributed by atoms with Crippen molar-refractivity contribution < 1.29 is 23.8 Å². The lowest BCUT2D eigenvalue weighted by Gasteiger charge is -2.25. The van der Waals surface area contributed by atoms with Crippen LogP contribution in [-0.4, -0.2) is 33.8 Å². The van der Waals surface area contributed by atoms with E-state index < -0.39 is 29.3 Å². The number of aliphatic hydroxyl groups is 1. The van der Waals surface area contributed by atoms with Crippen LogP contribution in [0, 0.1) is 5.82 Å². The molecule has 1 aromatic heterocycles. The maximum Gasteiger partial charge on any atom is 0.295 e. The van der Waals surface area contributed by atoms with Gasteiger partial charge in [-0.3, -0.25) is 14.6 Å². The molecule has 2 aromatic carbocycles. The number of ether oxygens (including phenoxy) is 1. The van der Waals surface area contributed by atoms with Gasteiger partial charge in [-0.05, 0) is 47.5 Å². The lowest BCUT2D eigenvalue weighted by molar-refractivity contribution is -0.140. The molecule has 1 N–H and O–H groups in total. The number of methoxy groups -OCH3 is 1. The van der Waals surface area contributed by atoms with Gasteiger partial charge in [-0.1, -0.05) is 29.8 Å². The van der Waals surface area contributed by atoms with Crippen molar-refractivity contribution in [3.8, 4) is 5.75 Å². The van der Waals surface area contributed by atoms with Crippen molar-refractivity contribution in [2.45, 2.75) is 12.6 Å². The first-order valence-electron chi connectivity index (χ1n) is 9.67. The van der Waals surface area contributed by atoms with Crippen molar-refractivity contribution in [1.82, 2.24) is 9.88 Å². The summed E-state index contributed by atoms with van der Waals surface area (Å²) in [6.45, 7) is 0.0725. The first-order valence-corrected chi connectivity index (χ1v) is 10.0. The van der Waals surface area contributed by atoms with E-state index in [-0.39, 0.29) is 22.7 Å². The maximum absolute atomic E-state index is 13.6. The van der Waals surface area contributed by atoms with Crippen molar-refractivity contribution in [2.24, 2.45) is 0 Å². The summed E-state index contributed by atoms with van der Waals surface area (Å²) in [7, 11) is 1.46. The van der Waals surface area contributed by atoms with E-state index >= 15 is 0 Å². The summed E-state index contributed by atoms with van der Waals surface area (Å²) in [6, 6.07) is 12.6. The second-order valence-electron chi connectivity index (χ2n) is 7.19. The average molecular weight is 453 g/mol. The van der Waals surface area contributed by atoms with Gasteiger partial charge in [-0.2, -0.15) is 0 Å². The molecule has 32 heavy (non-hydrogen) atoms. The second kappa shape index (κ2) is 8.80. The average Bonchev–Trinajstić information content (AvgIpc) is 3.05. The molecule has 1 unspecified atom stereocenters. The van der Waals surface area contributed by atoms with Crippen LogP contribution in [0.1, 0.15) is 22.7 Å². The zero-order chi connectivity index (χ0) is 22.8. The topological polar surface area (TPSA) is 79.7 Å². The highest BCUT2D eigenvalue weighted by Gasteiger charge is 2.46. The van der Waals surface area contributed by atoms with E-state index in [2.05, 4.69) is 4.98 Å². The first-order chi connectivity index (χ1) is 15.4. The van der Waals surface area contributed by atoms with Gasteiger partial charge in [0.05, 0.1) is 23.7 Å². The molecule has 1 fully saturated rings. The van der Waals surface area contributed by atoms with E-state index in [1.165, 1.54) is 48.4 Å². The highest BCUT2D eigenvalue weighted by molar-refractivity contribution is 6.47. The Morgan fingerprint density at radius 3 is 2.59 bits per heavy atom. The largest absolute Gasteiger partial charge is 0.507 e. The number of hydrogen-bond acceptors (Lipinski definition) is 5. The van der Waals surface area contributed by atoms with Crippen LogP contribution in [-0.2, 0) is 16.1 Å². The van der Waals surface area contributed by atoms with Crippen LogP contribution >= 0.6 is 11.6 Å². The van der Waals surface area contributed by atoms with E-state index in [0.29, 0.717) is 16.9 Å². The Kier molecular flexibility index (Phi) is 5.92. The van der Waals surface area contributed by atoms with E-state index in [1.54, 1.807) is 30.6 Å². The Morgan fingerprint density at radius 1 is 1.19 bits per heavy atom. The van der Waals surface area contributed by atoms with Crippen LogP contribution in [0.15, 0.2) is 72.6 Å². The summed E-state index contributed by atoms with van der Waals surface area (Å²) >= 11 is 6.27. The highest BCUT2D eigenvalue weighted by atomic mass is 35.5. The summed E-state index contributed by atoms with van der Waals surface area (Å²) in [5.74, 6) is -2.13. The molecule has 1 amide bonds. The fourth-order valence-corrected chi connectivity index (χ4v) is 3.89. The standard InChI is InChI=1S/C24H18ClFN2O4/c1-32-17-8-9-19(25)18(11-17)22(29)20-21(15-4-6-16(26)7-5-15)28(24(31)23(20)30)13-14-3-2-10-27-12-14/h2-12,21,29H,13H2,1H3/b22-20+. The Hall–Kier alpha value is -3.71. The number of hydrogen-bond donors (Lipinski definition) is 1. The molecule has 1 aliphatic rings. The van der Waals surface area contributed by atoms with Gasteiger partial charge >= 0.3 is 0 Å². The lowest BCUT2D eigenvalue weighted by atomic mass is 9.95. The SMILES string of the molecule is COc1ccc(Cl)c(/C(O)=C2\C(=O)C(=O)N(Cc3cccnc3)C2c2ccc(F)cc2)c1. The number of amides is 1. The molecule has 0 bridgehead atoms. The molecule has 0 radical (unpaired) electrons. The summed E-state index contributed by atoms with van der Waals surface area (Å²) < 4.78 is 18.8. The number of ketones is 1. The predicted molar refractivity (Wildman–Crippen MR) is 116 cm³/mol. The van der Waals surface area contributed by atoms with Gasteiger partial charge in [0.25, 0.3) is 11.7 Å². The number of likely N-dealkylation sites (tertiary alicyclic amines) is 1. The smallest absolute Gasteiger partial charge is 0.295 e. The molecular formula is C24H18ClFN2O4. The lowest BCUT2D eigenvalue weighted by Crippen LogP contribution is -2.29. The summed E-state index contributed by atoms with van der Waals surface area (Å²) in [5.41, 5.74) is 1.18. The number of aliphatic hydroxyl groups excluding tert-OH is 1. The quantitative estimate of drug-likeness (QED) is 0.350. The van der Waals surface area contributed by atoms with Crippen molar-refractivity contribution in [1.29, 1.82) is 0 Å². The number of rotatable bonds is 5. The van der Waals surface area contributed by atoms with Gasteiger partial charge in [0.2, 0.25) is 0 Å². The van der Waals surface area contributed by atoms with Gasteiger partial charge in [0.1, 0.15) is 17.3 Å². The van der Waals surface area contributed by atoms with Gasteiger partial charge in [0, 0.05) is 24.5 Å². The third-order valence-corrected chi connectivity index (χ3v) is 5.56. The number of carbonyl (C=O) groups is 2. The number of aromatic nitrogens is 1. The van der Waals surface area contributed by atoms with Gasteiger partial charge in [0.15, 0.2) is 0 Å². The number of halogens is 2. The molecule has 2 heterocycles. The molecule has 1 atom stereocenters. The van der Waals surface area contributed by atoms with Crippen LogP contribution in [0.5, 0.6) is 5.75 Å². The molecule has 0 aliphatic carbocycles. The first kappa shape index (κ1) is 21.5. The molecule has 4 rings (SSSR count). The van der Waals surface area contributed by atoms with Crippen LogP contribution in [0.3, 0.4) is 0 Å². The van der Waals surface area contributed by atoms with Crippen molar-refractivity contribution in [3.63, 3.8) is 0 Å². The number of nitrogens with zero attached hydrogens (tertiary/aromatic N) is 2. The summed E-state index contributed by atoms with van der Waals surface area (Å²) in [6.07, 6.45) is 3.18. The van der Waals surface area contributed by atoms with Gasteiger partial charge < -0.3 is 14.7 Å². The number of Topliss-reactive ketones (excluding diaryl/α,β-unsaturated/α-hetero) is 1. The monoisotopic (exact) mass is 452 g/mol. The van der Waals surface area contributed by atoms with Crippen molar-refractivity contribution >= 4 is 29.1 Å². The third kappa shape index (κ3) is 3.94. The molecule has 8 heteroatoms. The number of pyridine rings is 1. The van der Waals surface area contributed by atoms with Crippen LogP contribution in [0.25, 0.3) is 5.76 Å². The Morgan fingerprint density at radius 2 is 1.94 bits per heavy atom. The Balaban J connectivity index is 1.89. The summed E-state index contributed by atoms with van der Waals surface area (Å²) in [5, 5.41) is 11.3. The number of carbonyl (C=O) groups excluding carboxylic acids is 2. The number of benzene rings is 2. The van der Waals surface area contributed by atoms with E-state index in [1.807, 2.05) is 0 Å². The fourth-order valence-electron chi connectivity index (χ4n) is 3.68. The fraction of sp³-hybridized carbons (Fsp3) is 0.125. The molecule has 1 aliphatic heterocycles. The predicted octanol–water partition coefficient (Wildman–Crippen LogP) is 4.50. The minimum atomic E-state index is -0.946. The zero-order valence-electron chi connectivity index (χ0n) is 17.0. The normalized spacial score (nSPS) is 17.6. The van der Waals surface area contributed by atoms with E-state index in [0.717, 1.165) is 0 Å². The minimum absolute atomic E-state index is 0.0725. The van der Waals surface area contributed by atoms with Crippen LogP contribution < -0.4 is 4.74 Å². The maximum atomic E-state index is 13.6. The molecule has 3 aromatic rings. The van der Waals surface area contributed by atoms with Crippen LogP contribution in [0.2, 0.25) is 5.02 Å². The van der Waals surface area contributed by atoms with E-state index in [4.69, 9.17) is 16.3 Å². The van der Waals surface area contributed by atoms with Gasteiger partial charge in [-0.25, -0.2) is 4.39 Å². The van der Waals surface area contributed by atoms with Crippen molar-refractivity contribution in [2.75, 3.05) is 7.11 Å². The molecule has 6 nitrogen and oxygen atoms in total. The summed E-state index contributed by atoms with van der Waals surface area (Å²) in [4.78, 5) is 31.4. The molecule has 1 saturated heterocycles. The van der Waals surface area contributed by atoms with Gasteiger partial charge in [-0.15, -0.1) is 0 Å².